The summed E-state index contributed by atoms with van der Waals surface area (Å²) in [5.41, 5.74) is 6.70. The molecule has 0 atom stereocenters. The van der Waals surface area contributed by atoms with Crippen LogP contribution in [0.4, 0.5) is 10.1 Å². The normalized spacial score (nSPS) is 10.8. The molecule has 0 bridgehead atoms. The van der Waals surface area contributed by atoms with Gasteiger partial charge in [-0.2, -0.15) is 0 Å². The second-order valence-electron chi connectivity index (χ2n) is 4.77. The van der Waals surface area contributed by atoms with Crippen molar-refractivity contribution < 1.29 is 9.13 Å². The maximum Gasteiger partial charge on any atom is 0.127 e. The first-order chi connectivity index (χ1) is 10.1. The zero-order valence-corrected chi connectivity index (χ0v) is 11.9. The van der Waals surface area contributed by atoms with Crippen LogP contribution in [0, 0.1) is 5.82 Å². The van der Waals surface area contributed by atoms with Gasteiger partial charge in [0.15, 0.2) is 0 Å². The standard InChI is InChI=1S/C17H13ClFNO/c18-16-5-6-17(15-4-2-1-3-14(15)16)21-10-11-7-12(19)9-13(20)8-11/h1-9H,10,20H2. The fourth-order valence-corrected chi connectivity index (χ4v) is 2.51. The number of nitrogens with two attached hydrogens (primary N) is 1. The number of anilines is 1. The van der Waals surface area contributed by atoms with E-state index < -0.39 is 0 Å². The number of ether oxygens (including phenoxy) is 1. The Morgan fingerprint density at radius 2 is 1.76 bits per heavy atom. The van der Waals surface area contributed by atoms with Crippen LogP contribution in [0.5, 0.6) is 5.75 Å². The first-order valence-corrected chi connectivity index (χ1v) is 6.86. The van der Waals surface area contributed by atoms with Gasteiger partial charge < -0.3 is 10.5 Å². The summed E-state index contributed by atoms with van der Waals surface area (Å²) < 4.78 is 19.1. The Hall–Kier alpha value is -2.26. The van der Waals surface area contributed by atoms with Gasteiger partial charge in [-0.1, -0.05) is 35.9 Å². The molecule has 0 unspecified atom stereocenters. The van der Waals surface area contributed by atoms with E-state index in [1.54, 1.807) is 12.1 Å². The topological polar surface area (TPSA) is 35.2 Å². The number of hydrogen-bond acceptors (Lipinski definition) is 2. The molecule has 0 aliphatic heterocycles. The van der Waals surface area contributed by atoms with E-state index in [0.717, 1.165) is 10.8 Å². The Labute approximate surface area is 126 Å². The summed E-state index contributed by atoms with van der Waals surface area (Å²) >= 11 is 6.17. The predicted molar refractivity (Wildman–Crippen MR) is 84.1 cm³/mol. The second-order valence-corrected chi connectivity index (χ2v) is 5.18. The maximum atomic E-state index is 13.3. The molecule has 0 radical (unpaired) electrons. The largest absolute Gasteiger partial charge is 0.488 e. The van der Waals surface area contributed by atoms with Crippen LogP contribution in [0.1, 0.15) is 5.56 Å². The number of halogens is 2. The highest BCUT2D eigenvalue weighted by Crippen LogP contribution is 2.31. The molecule has 2 N–H and O–H groups in total. The Morgan fingerprint density at radius 1 is 1.00 bits per heavy atom. The Kier molecular flexibility index (Phi) is 3.67. The molecule has 3 rings (SSSR count). The van der Waals surface area contributed by atoms with E-state index in [9.17, 15) is 4.39 Å². The molecule has 3 aromatic carbocycles. The van der Waals surface area contributed by atoms with Crippen molar-refractivity contribution in [3.05, 3.63) is 71.0 Å². The average Bonchev–Trinajstić information content (AvgIpc) is 2.46. The molecular weight excluding hydrogens is 289 g/mol. The first kappa shape index (κ1) is 13.7. The van der Waals surface area contributed by atoms with Crippen molar-refractivity contribution in [2.24, 2.45) is 0 Å². The van der Waals surface area contributed by atoms with Gasteiger partial charge in [-0.15, -0.1) is 0 Å². The number of nitrogen functional groups attached to an aromatic ring is 1. The van der Waals surface area contributed by atoms with Crippen LogP contribution in [0.25, 0.3) is 10.8 Å². The van der Waals surface area contributed by atoms with E-state index in [1.807, 2.05) is 30.3 Å². The van der Waals surface area contributed by atoms with E-state index in [1.165, 1.54) is 12.1 Å². The van der Waals surface area contributed by atoms with Gasteiger partial charge in [0, 0.05) is 21.5 Å². The summed E-state index contributed by atoms with van der Waals surface area (Å²) in [7, 11) is 0. The molecule has 0 amide bonds. The number of fused-ring (bicyclic) bond motifs is 1. The molecule has 0 spiro atoms. The second kappa shape index (κ2) is 5.62. The first-order valence-electron chi connectivity index (χ1n) is 6.48. The van der Waals surface area contributed by atoms with E-state index in [4.69, 9.17) is 22.1 Å². The molecule has 3 aromatic rings. The van der Waals surface area contributed by atoms with Gasteiger partial charge in [0.1, 0.15) is 18.2 Å². The summed E-state index contributed by atoms with van der Waals surface area (Å²) in [4.78, 5) is 0. The van der Waals surface area contributed by atoms with Crippen molar-refractivity contribution in [3.8, 4) is 5.75 Å². The van der Waals surface area contributed by atoms with Crippen molar-refractivity contribution >= 4 is 28.1 Å². The van der Waals surface area contributed by atoms with E-state index >= 15 is 0 Å². The van der Waals surface area contributed by atoms with Crippen LogP contribution >= 0.6 is 11.6 Å². The average molecular weight is 302 g/mol. The lowest BCUT2D eigenvalue weighted by Crippen LogP contribution is -1.98. The van der Waals surface area contributed by atoms with Gasteiger partial charge in [-0.05, 0) is 35.9 Å². The predicted octanol–water partition coefficient (Wildman–Crippen LogP) is 4.79. The summed E-state index contributed by atoms with van der Waals surface area (Å²) in [6, 6.07) is 15.7. The van der Waals surface area contributed by atoms with Gasteiger partial charge in [0.25, 0.3) is 0 Å². The molecule has 106 valence electrons. The third-order valence-corrected chi connectivity index (χ3v) is 3.53. The smallest absolute Gasteiger partial charge is 0.127 e. The highest BCUT2D eigenvalue weighted by Gasteiger charge is 2.06. The molecule has 0 heterocycles. The molecule has 0 saturated carbocycles. The van der Waals surface area contributed by atoms with Crippen LogP contribution in [0.2, 0.25) is 5.02 Å². The number of rotatable bonds is 3. The van der Waals surface area contributed by atoms with Crippen molar-refractivity contribution in [1.29, 1.82) is 0 Å². The van der Waals surface area contributed by atoms with E-state index in [2.05, 4.69) is 0 Å². The lowest BCUT2D eigenvalue weighted by molar-refractivity contribution is 0.309. The van der Waals surface area contributed by atoms with Gasteiger partial charge in [-0.25, -0.2) is 4.39 Å². The van der Waals surface area contributed by atoms with Gasteiger partial charge >= 0.3 is 0 Å². The highest BCUT2D eigenvalue weighted by atomic mass is 35.5. The van der Waals surface area contributed by atoms with Gasteiger partial charge in [0.2, 0.25) is 0 Å². The zero-order chi connectivity index (χ0) is 14.8. The minimum Gasteiger partial charge on any atom is -0.488 e. The molecule has 21 heavy (non-hydrogen) atoms. The lowest BCUT2D eigenvalue weighted by Gasteiger charge is -2.11. The molecule has 0 fully saturated rings. The molecule has 0 aliphatic carbocycles. The van der Waals surface area contributed by atoms with Gasteiger partial charge in [-0.3, -0.25) is 0 Å². The van der Waals surface area contributed by atoms with Gasteiger partial charge in [0.05, 0.1) is 0 Å². The monoisotopic (exact) mass is 301 g/mol. The molecule has 0 aliphatic rings. The maximum absolute atomic E-state index is 13.3. The van der Waals surface area contributed by atoms with Crippen LogP contribution < -0.4 is 10.5 Å². The zero-order valence-electron chi connectivity index (χ0n) is 11.1. The van der Waals surface area contributed by atoms with Crippen molar-refractivity contribution in [2.75, 3.05) is 5.73 Å². The summed E-state index contributed by atoms with van der Waals surface area (Å²) in [6.07, 6.45) is 0. The fourth-order valence-electron chi connectivity index (χ4n) is 2.28. The Morgan fingerprint density at radius 3 is 2.52 bits per heavy atom. The fraction of sp³-hybridized carbons (Fsp3) is 0.0588. The van der Waals surface area contributed by atoms with Crippen molar-refractivity contribution in [3.63, 3.8) is 0 Å². The molecular formula is C17H13ClFNO. The summed E-state index contributed by atoms with van der Waals surface area (Å²) in [6.45, 7) is 0.244. The summed E-state index contributed by atoms with van der Waals surface area (Å²) in [5.74, 6) is 0.340. The van der Waals surface area contributed by atoms with E-state index in [-0.39, 0.29) is 12.4 Å². The third kappa shape index (κ3) is 2.93. The van der Waals surface area contributed by atoms with Crippen molar-refractivity contribution in [1.82, 2.24) is 0 Å². The molecule has 4 heteroatoms. The van der Waals surface area contributed by atoms with Crippen LogP contribution in [0.15, 0.2) is 54.6 Å². The quantitative estimate of drug-likeness (QED) is 0.706. The highest BCUT2D eigenvalue weighted by molar-refractivity contribution is 6.35. The van der Waals surface area contributed by atoms with E-state index in [0.29, 0.717) is 22.0 Å². The Bertz CT molecular complexity index is 784. The lowest BCUT2D eigenvalue weighted by atomic mass is 10.1. The Balaban J connectivity index is 1.90. The molecule has 0 saturated heterocycles. The van der Waals surface area contributed by atoms with Crippen molar-refractivity contribution in [2.45, 2.75) is 6.61 Å². The van der Waals surface area contributed by atoms with Crippen LogP contribution in [-0.2, 0) is 6.61 Å². The minimum absolute atomic E-state index is 0.244. The minimum atomic E-state index is -0.366. The summed E-state index contributed by atoms with van der Waals surface area (Å²) in [5, 5.41) is 2.53. The van der Waals surface area contributed by atoms with Crippen LogP contribution in [-0.4, -0.2) is 0 Å². The number of hydrogen-bond donors (Lipinski definition) is 1. The SMILES string of the molecule is Nc1cc(F)cc(COc2ccc(Cl)c3ccccc23)c1. The number of benzene rings is 3. The third-order valence-electron chi connectivity index (χ3n) is 3.21. The van der Waals surface area contributed by atoms with Crippen LogP contribution in [0.3, 0.4) is 0 Å². The molecule has 2 nitrogen and oxygen atoms in total. The molecule has 0 aromatic heterocycles.